The first-order valence-electron chi connectivity index (χ1n) is 9.61. The van der Waals surface area contributed by atoms with Gasteiger partial charge in [0.1, 0.15) is 5.54 Å². The van der Waals surface area contributed by atoms with Crippen LogP contribution in [0.5, 0.6) is 0 Å². The number of carbonyl (C=O) groups excluding carboxylic acids is 2. The highest BCUT2D eigenvalue weighted by atomic mass is 16.2. The van der Waals surface area contributed by atoms with Crippen LogP contribution in [0.15, 0.2) is 0 Å². The highest BCUT2D eigenvalue weighted by Gasteiger charge is 2.56. The van der Waals surface area contributed by atoms with Crippen molar-refractivity contribution < 1.29 is 9.59 Å². The van der Waals surface area contributed by atoms with E-state index in [-0.39, 0.29) is 17.4 Å². The first-order valence-corrected chi connectivity index (χ1v) is 9.61. The van der Waals surface area contributed by atoms with Crippen molar-refractivity contribution in [2.75, 3.05) is 19.8 Å². The van der Waals surface area contributed by atoms with Crippen LogP contribution in [0.3, 0.4) is 0 Å². The highest BCUT2D eigenvalue weighted by Crippen LogP contribution is 2.46. The molecule has 3 fully saturated rings. The summed E-state index contributed by atoms with van der Waals surface area (Å²) in [6.07, 6.45) is 6.24. The van der Waals surface area contributed by atoms with Gasteiger partial charge in [-0.3, -0.25) is 9.69 Å². The normalized spacial score (nSPS) is 37.1. The van der Waals surface area contributed by atoms with Crippen molar-refractivity contribution >= 4 is 11.9 Å². The molecule has 3 amide bonds. The summed E-state index contributed by atoms with van der Waals surface area (Å²) in [4.78, 5) is 29.5. The Balaban J connectivity index is 1.72. The van der Waals surface area contributed by atoms with Crippen molar-refractivity contribution in [1.29, 1.82) is 0 Å². The molecule has 2 aliphatic heterocycles. The van der Waals surface area contributed by atoms with Crippen molar-refractivity contribution in [1.82, 2.24) is 15.1 Å². The molecule has 136 valence electrons. The number of likely N-dealkylation sites (tertiary alicyclic amines) is 1. The zero-order valence-electron chi connectivity index (χ0n) is 15.7. The molecule has 3 aliphatic rings. The lowest BCUT2D eigenvalue weighted by molar-refractivity contribution is -0.136. The molecule has 0 aromatic carbocycles. The smallest absolute Gasteiger partial charge is 0.323 e. The summed E-state index contributed by atoms with van der Waals surface area (Å²) in [6.45, 7) is 11.3. The molecule has 3 atom stereocenters. The second kappa shape index (κ2) is 6.32. The molecule has 0 bridgehead atoms. The lowest BCUT2D eigenvalue weighted by atomic mass is 9.64. The van der Waals surface area contributed by atoms with Gasteiger partial charge >= 0.3 is 6.03 Å². The number of hydrogen-bond acceptors (Lipinski definition) is 3. The first kappa shape index (κ1) is 17.7. The van der Waals surface area contributed by atoms with E-state index in [9.17, 15) is 9.59 Å². The van der Waals surface area contributed by atoms with Gasteiger partial charge in [-0.25, -0.2) is 9.69 Å². The van der Waals surface area contributed by atoms with E-state index in [1.165, 1.54) is 17.7 Å². The second-order valence-corrected chi connectivity index (χ2v) is 9.23. The number of nitrogens with zero attached hydrogens (tertiary/aromatic N) is 2. The molecule has 0 aromatic heterocycles. The van der Waals surface area contributed by atoms with Crippen LogP contribution >= 0.6 is 0 Å². The number of hydrogen-bond donors (Lipinski definition) is 1. The number of rotatable bonds is 3. The lowest BCUT2D eigenvalue weighted by Crippen LogP contribution is -2.54. The minimum absolute atomic E-state index is 0.00532. The summed E-state index contributed by atoms with van der Waals surface area (Å²) < 4.78 is 0. The summed E-state index contributed by atoms with van der Waals surface area (Å²) >= 11 is 0. The fourth-order valence-electron chi connectivity index (χ4n) is 5.45. The van der Waals surface area contributed by atoms with Gasteiger partial charge in [0.05, 0.1) is 6.67 Å². The molecule has 24 heavy (non-hydrogen) atoms. The van der Waals surface area contributed by atoms with E-state index in [2.05, 4.69) is 37.9 Å². The molecule has 0 aromatic rings. The Morgan fingerprint density at radius 2 is 2.00 bits per heavy atom. The van der Waals surface area contributed by atoms with E-state index in [0.29, 0.717) is 18.5 Å². The van der Waals surface area contributed by atoms with E-state index in [4.69, 9.17) is 0 Å². The Kier molecular flexibility index (Phi) is 4.67. The third-order valence-electron chi connectivity index (χ3n) is 6.15. The molecule has 1 spiro atoms. The summed E-state index contributed by atoms with van der Waals surface area (Å²) in [5.74, 6) is 1.16. The van der Waals surface area contributed by atoms with E-state index in [0.717, 1.165) is 38.8 Å². The highest BCUT2D eigenvalue weighted by molar-refractivity contribution is 6.07. The maximum Gasteiger partial charge on any atom is 0.326 e. The Morgan fingerprint density at radius 3 is 2.67 bits per heavy atom. The van der Waals surface area contributed by atoms with E-state index >= 15 is 0 Å². The fourth-order valence-corrected chi connectivity index (χ4v) is 5.45. The molecule has 5 nitrogen and oxygen atoms in total. The van der Waals surface area contributed by atoms with E-state index < -0.39 is 5.54 Å². The van der Waals surface area contributed by atoms with Gasteiger partial charge in [-0.15, -0.1) is 0 Å². The fraction of sp³-hybridized carbons (Fsp3) is 0.895. The average Bonchev–Trinajstić information content (AvgIpc) is 2.69. The van der Waals surface area contributed by atoms with Crippen LogP contribution in [0.1, 0.15) is 66.2 Å². The lowest BCUT2D eigenvalue weighted by Gasteiger charge is -2.44. The maximum atomic E-state index is 13.2. The maximum absolute atomic E-state index is 13.2. The van der Waals surface area contributed by atoms with Gasteiger partial charge in [-0.05, 0) is 55.9 Å². The number of urea groups is 1. The Morgan fingerprint density at radius 1 is 1.25 bits per heavy atom. The SMILES string of the molecule is CCC1CCCN(CN2C(=O)NC3(CC(C)CC(C)(C)C3)C2=O)C1. The monoisotopic (exact) mass is 335 g/mol. The molecule has 1 aliphatic carbocycles. The Hall–Kier alpha value is -1.10. The van der Waals surface area contributed by atoms with Gasteiger partial charge in [0.25, 0.3) is 5.91 Å². The molecule has 1 N–H and O–H groups in total. The van der Waals surface area contributed by atoms with Crippen LogP contribution in [0.4, 0.5) is 4.79 Å². The zero-order valence-corrected chi connectivity index (χ0v) is 15.7. The van der Waals surface area contributed by atoms with Crippen LogP contribution in [-0.4, -0.2) is 47.0 Å². The van der Waals surface area contributed by atoms with Crippen molar-refractivity contribution in [2.45, 2.75) is 71.8 Å². The molecule has 2 saturated heterocycles. The van der Waals surface area contributed by atoms with Gasteiger partial charge in [-0.2, -0.15) is 0 Å². The summed E-state index contributed by atoms with van der Waals surface area (Å²) in [6, 6.07) is -0.191. The van der Waals surface area contributed by atoms with Gasteiger partial charge in [0.2, 0.25) is 0 Å². The number of nitrogens with one attached hydrogen (secondary N) is 1. The molecule has 2 heterocycles. The van der Waals surface area contributed by atoms with Crippen LogP contribution in [-0.2, 0) is 4.79 Å². The van der Waals surface area contributed by atoms with Crippen LogP contribution < -0.4 is 5.32 Å². The quantitative estimate of drug-likeness (QED) is 0.806. The number of piperidine rings is 1. The van der Waals surface area contributed by atoms with Crippen molar-refractivity contribution in [3.05, 3.63) is 0 Å². The standard InChI is InChI=1S/C19H33N3O2/c1-5-15-7-6-8-21(11-15)13-22-16(23)19(20-17(22)24)10-14(2)9-18(3,4)12-19/h14-15H,5-13H2,1-4H3,(H,20,24). The number of amides is 3. The summed E-state index contributed by atoms with van der Waals surface area (Å²) in [5, 5.41) is 3.08. The molecule has 1 saturated carbocycles. The molecule has 3 unspecified atom stereocenters. The predicted octanol–water partition coefficient (Wildman–Crippen LogP) is 3.20. The molecule has 0 radical (unpaired) electrons. The summed E-state index contributed by atoms with van der Waals surface area (Å²) in [7, 11) is 0. The summed E-state index contributed by atoms with van der Waals surface area (Å²) in [5.41, 5.74) is -0.576. The van der Waals surface area contributed by atoms with E-state index in [1.54, 1.807) is 0 Å². The molecule has 3 rings (SSSR count). The van der Waals surface area contributed by atoms with Gasteiger partial charge in [0, 0.05) is 6.54 Å². The molecular weight excluding hydrogens is 302 g/mol. The van der Waals surface area contributed by atoms with Gasteiger partial charge in [0.15, 0.2) is 0 Å². The average molecular weight is 335 g/mol. The number of carbonyl (C=O) groups is 2. The van der Waals surface area contributed by atoms with Crippen LogP contribution in [0.25, 0.3) is 0 Å². The van der Waals surface area contributed by atoms with Crippen molar-refractivity contribution in [3.8, 4) is 0 Å². The molecular formula is C19H33N3O2. The van der Waals surface area contributed by atoms with Crippen molar-refractivity contribution in [3.63, 3.8) is 0 Å². The van der Waals surface area contributed by atoms with Crippen LogP contribution in [0, 0.1) is 17.3 Å². The first-order chi connectivity index (χ1) is 11.2. The topological polar surface area (TPSA) is 52.6 Å². The van der Waals surface area contributed by atoms with Gasteiger partial charge in [-0.1, -0.05) is 34.1 Å². The number of imide groups is 1. The minimum Gasteiger partial charge on any atom is -0.323 e. The van der Waals surface area contributed by atoms with Crippen molar-refractivity contribution in [2.24, 2.45) is 17.3 Å². The minimum atomic E-state index is -0.668. The largest absolute Gasteiger partial charge is 0.326 e. The van der Waals surface area contributed by atoms with Crippen LogP contribution in [0.2, 0.25) is 0 Å². The Bertz CT molecular complexity index is 519. The second-order valence-electron chi connectivity index (χ2n) is 9.23. The molecule has 5 heteroatoms. The third-order valence-corrected chi connectivity index (χ3v) is 6.15. The zero-order chi connectivity index (χ0) is 17.5. The van der Waals surface area contributed by atoms with Gasteiger partial charge < -0.3 is 5.32 Å². The van der Waals surface area contributed by atoms with E-state index in [1.807, 2.05) is 0 Å². The third kappa shape index (κ3) is 3.32. The predicted molar refractivity (Wildman–Crippen MR) is 94.4 cm³/mol. The Labute approximate surface area is 146 Å².